The van der Waals surface area contributed by atoms with Crippen LogP contribution in [0.1, 0.15) is 24.8 Å². The van der Waals surface area contributed by atoms with Crippen LogP contribution in [0.25, 0.3) is 0 Å². The molecule has 92 valence electrons. The molecule has 0 aromatic heterocycles. The van der Waals surface area contributed by atoms with Gasteiger partial charge in [-0.15, -0.1) is 0 Å². The van der Waals surface area contributed by atoms with Crippen LogP contribution in [-0.4, -0.2) is 30.5 Å². The van der Waals surface area contributed by atoms with Crippen LogP contribution in [-0.2, 0) is 16.1 Å². The lowest BCUT2D eigenvalue weighted by Gasteiger charge is -2.31. The second kappa shape index (κ2) is 6.52. The Morgan fingerprint density at radius 1 is 1.29 bits per heavy atom. The van der Waals surface area contributed by atoms with E-state index in [0.717, 1.165) is 25.7 Å². The van der Waals surface area contributed by atoms with Crippen molar-refractivity contribution in [2.24, 2.45) is 0 Å². The number of likely N-dealkylation sites (tertiary alicyclic amines) is 1. The molecule has 1 unspecified atom stereocenters. The van der Waals surface area contributed by atoms with E-state index in [9.17, 15) is 4.79 Å². The number of piperidine rings is 1. The van der Waals surface area contributed by atoms with Crippen molar-refractivity contribution in [3.63, 3.8) is 0 Å². The van der Waals surface area contributed by atoms with Crippen molar-refractivity contribution in [3.05, 3.63) is 35.9 Å². The van der Waals surface area contributed by atoms with Crippen molar-refractivity contribution >= 4 is 6.29 Å². The highest BCUT2D eigenvalue weighted by Crippen LogP contribution is 2.15. The van der Waals surface area contributed by atoms with E-state index in [2.05, 4.69) is 4.90 Å². The molecule has 1 aromatic rings. The number of rotatable bonds is 5. The summed E-state index contributed by atoms with van der Waals surface area (Å²) in [6, 6.07) is 10.2. The fourth-order valence-corrected chi connectivity index (χ4v) is 2.19. The molecule has 0 spiro atoms. The molecular formula is C14H19NO2. The molecule has 1 fully saturated rings. The van der Waals surface area contributed by atoms with Crippen molar-refractivity contribution in [1.82, 2.24) is 4.90 Å². The molecule has 0 amide bonds. The summed E-state index contributed by atoms with van der Waals surface area (Å²) in [7, 11) is 0. The van der Waals surface area contributed by atoms with Gasteiger partial charge in [-0.3, -0.25) is 4.90 Å². The van der Waals surface area contributed by atoms with Crippen LogP contribution >= 0.6 is 0 Å². The maximum Gasteiger partial charge on any atom is 0.137 e. The highest BCUT2D eigenvalue weighted by molar-refractivity contribution is 5.57. The van der Waals surface area contributed by atoms with Crippen LogP contribution in [0.3, 0.4) is 0 Å². The topological polar surface area (TPSA) is 29.5 Å². The first-order valence-corrected chi connectivity index (χ1v) is 6.21. The summed E-state index contributed by atoms with van der Waals surface area (Å²) in [5, 5.41) is 0. The zero-order valence-corrected chi connectivity index (χ0v) is 10.0. The van der Waals surface area contributed by atoms with Crippen LogP contribution < -0.4 is 0 Å². The molecule has 2 rings (SSSR count). The lowest BCUT2D eigenvalue weighted by Crippen LogP contribution is -2.41. The number of hydrogen-bond acceptors (Lipinski definition) is 3. The van der Waals surface area contributed by atoms with Crippen LogP contribution in [0.2, 0.25) is 0 Å². The molecule has 1 aliphatic heterocycles. The van der Waals surface area contributed by atoms with Gasteiger partial charge in [0, 0.05) is 6.54 Å². The van der Waals surface area contributed by atoms with E-state index in [1.807, 2.05) is 30.3 Å². The molecule has 0 saturated carbocycles. The summed E-state index contributed by atoms with van der Waals surface area (Å²) in [5.74, 6) is 0. The summed E-state index contributed by atoms with van der Waals surface area (Å²) in [5.41, 5.74) is 1.17. The van der Waals surface area contributed by atoms with E-state index >= 15 is 0 Å². The Hall–Kier alpha value is -1.19. The van der Waals surface area contributed by atoms with E-state index in [1.165, 1.54) is 12.0 Å². The number of ether oxygens (including phenoxy) is 1. The van der Waals surface area contributed by atoms with Gasteiger partial charge in [-0.05, 0) is 18.4 Å². The average Bonchev–Trinajstić information content (AvgIpc) is 2.40. The lowest BCUT2D eigenvalue weighted by molar-refractivity contribution is -0.116. The number of aldehydes is 1. The predicted octanol–water partition coefficient (Wildman–Crippen LogP) is 2.21. The third kappa shape index (κ3) is 3.65. The number of hydrogen-bond donors (Lipinski definition) is 0. The molecule has 1 heterocycles. The Balaban J connectivity index is 1.75. The highest BCUT2D eigenvalue weighted by atomic mass is 16.5. The lowest BCUT2D eigenvalue weighted by atomic mass is 10.0. The van der Waals surface area contributed by atoms with Crippen LogP contribution in [0.5, 0.6) is 0 Å². The van der Waals surface area contributed by atoms with Crippen LogP contribution in [0, 0.1) is 0 Å². The molecule has 1 aromatic carbocycles. The van der Waals surface area contributed by atoms with Gasteiger partial charge in [0.25, 0.3) is 0 Å². The Morgan fingerprint density at radius 3 is 2.88 bits per heavy atom. The van der Waals surface area contributed by atoms with E-state index in [-0.39, 0.29) is 6.04 Å². The maximum absolute atomic E-state index is 10.9. The van der Waals surface area contributed by atoms with E-state index in [4.69, 9.17) is 4.74 Å². The zero-order chi connectivity index (χ0) is 11.9. The molecule has 17 heavy (non-hydrogen) atoms. The van der Waals surface area contributed by atoms with Crippen molar-refractivity contribution < 1.29 is 9.53 Å². The minimum absolute atomic E-state index is 0.0551. The SMILES string of the molecule is O=CC1CCCCN1COCc1ccccc1. The van der Waals surface area contributed by atoms with Crippen LogP contribution in [0.4, 0.5) is 0 Å². The predicted molar refractivity (Wildman–Crippen MR) is 66.5 cm³/mol. The van der Waals surface area contributed by atoms with Crippen molar-refractivity contribution in [2.45, 2.75) is 31.9 Å². The summed E-state index contributed by atoms with van der Waals surface area (Å²) < 4.78 is 5.66. The number of carbonyl (C=O) groups is 1. The maximum atomic E-state index is 10.9. The van der Waals surface area contributed by atoms with Crippen molar-refractivity contribution in [2.75, 3.05) is 13.3 Å². The van der Waals surface area contributed by atoms with Gasteiger partial charge in [-0.1, -0.05) is 36.8 Å². The van der Waals surface area contributed by atoms with Gasteiger partial charge in [0.15, 0.2) is 0 Å². The molecule has 3 heteroatoms. The number of nitrogens with zero attached hydrogens (tertiary/aromatic N) is 1. The summed E-state index contributed by atoms with van der Waals surface area (Å²) in [4.78, 5) is 13.0. The van der Waals surface area contributed by atoms with E-state index in [0.29, 0.717) is 13.3 Å². The summed E-state index contributed by atoms with van der Waals surface area (Å²) in [6.45, 7) is 2.14. The number of carbonyl (C=O) groups excluding carboxylic acids is 1. The fraction of sp³-hybridized carbons (Fsp3) is 0.500. The normalized spacial score (nSPS) is 21.3. The van der Waals surface area contributed by atoms with Gasteiger partial charge in [0.1, 0.15) is 13.0 Å². The minimum Gasteiger partial charge on any atom is -0.361 e. The Bertz CT molecular complexity index is 339. The molecule has 3 nitrogen and oxygen atoms in total. The van der Waals surface area contributed by atoms with Gasteiger partial charge in [-0.2, -0.15) is 0 Å². The molecule has 1 aliphatic rings. The molecule has 0 bridgehead atoms. The Morgan fingerprint density at radius 2 is 2.12 bits per heavy atom. The van der Waals surface area contributed by atoms with Gasteiger partial charge in [0.2, 0.25) is 0 Å². The molecule has 0 N–H and O–H groups in total. The first-order chi connectivity index (χ1) is 8.40. The quantitative estimate of drug-likeness (QED) is 0.730. The fourth-order valence-electron chi connectivity index (χ4n) is 2.19. The summed E-state index contributed by atoms with van der Waals surface area (Å²) >= 11 is 0. The average molecular weight is 233 g/mol. The highest BCUT2D eigenvalue weighted by Gasteiger charge is 2.21. The molecule has 1 saturated heterocycles. The third-order valence-electron chi connectivity index (χ3n) is 3.19. The molecular weight excluding hydrogens is 214 g/mol. The standard InChI is InChI=1S/C14H19NO2/c16-10-14-8-4-5-9-15(14)12-17-11-13-6-2-1-3-7-13/h1-3,6-7,10,14H,4-5,8-9,11-12H2. The minimum atomic E-state index is 0.0551. The first-order valence-electron chi connectivity index (χ1n) is 6.21. The summed E-state index contributed by atoms with van der Waals surface area (Å²) in [6.07, 6.45) is 4.33. The Kier molecular flexibility index (Phi) is 4.71. The van der Waals surface area contributed by atoms with E-state index < -0.39 is 0 Å². The second-order valence-corrected chi connectivity index (χ2v) is 4.47. The largest absolute Gasteiger partial charge is 0.361 e. The second-order valence-electron chi connectivity index (χ2n) is 4.47. The smallest absolute Gasteiger partial charge is 0.137 e. The van der Waals surface area contributed by atoms with Gasteiger partial charge in [-0.25, -0.2) is 0 Å². The van der Waals surface area contributed by atoms with Crippen molar-refractivity contribution in [1.29, 1.82) is 0 Å². The Labute approximate surface area is 102 Å². The number of benzene rings is 1. The molecule has 1 atom stereocenters. The van der Waals surface area contributed by atoms with Crippen LogP contribution in [0.15, 0.2) is 30.3 Å². The zero-order valence-electron chi connectivity index (χ0n) is 10.0. The van der Waals surface area contributed by atoms with Gasteiger partial charge in [0.05, 0.1) is 12.6 Å². The molecule has 0 aliphatic carbocycles. The van der Waals surface area contributed by atoms with Gasteiger partial charge < -0.3 is 9.53 Å². The van der Waals surface area contributed by atoms with E-state index in [1.54, 1.807) is 0 Å². The third-order valence-corrected chi connectivity index (χ3v) is 3.19. The molecule has 0 radical (unpaired) electrons. The van der Waals surface area contributed by atoms with Crippen molar-refractivity contribution in [3.8, 4) is 0 Å². The monoisotopic (exact) mass is 233 g/mol. The first kappa shape index (κ1) is 12.3. The van der Waals surface area contributed by atoms with Gasteiger partial charge >= 0.3 is 0 Å².